The normalized spacial score (nSPS) is 11.6. The van der Waals surface area contributed by atoms with Crippen molar-refractivity contribution in [3.05, 3.63) is 45.6 Å². The third-order valence-corrected chi connectivity index (χ3v) is 5.77. The number of rotatable bonds is 6. The van der Waals surface area contributed by atoms with Gasteiger partial charge in [0, 0.05) is 28.5 Å². The van der Waals surface area contributed by atoms with Gasteiger partial charge in [0.1, 0.15) is 0 Å². The Hall–Kier alpha value is -1.37. The van der Waals surface area contributed by atoms with Crippen molar-refractivity contribution in [2.75, 3.05) is 11.9 Å². The second-order valence-electron chi connectivity index (χ2n) is 4.83. The summed E-state index contributed by atoms with van der Waals surface area (Å²) < 4.78 is 27.1. The maximum atomic E-state index is 12.2. The van der Waals surface area contributed by atoms with Gasteiger partial charge in [0.2, 0.25) is 10.0 Å². The molecule has 4 nitrogen and oxygen atoms in total. The number of hydrogen-bond acceptors (Lipinski definition) is 4. The van der Waals surface area contributed by atoms with Crippen LogP contribution in [0.5, 0.6) is 0 Å². The zero-order chi connectivity index (χ0) is 15.5. The van der Waals surface area contributed by atoms with Crippen molar-refractivity contribution in [2.45, 2.75) is 32.2 Å². The van der Waals surface area contributed by atoms with Gasteiger partial charge in [-0.2, -0.15) is 0 Å². The Kier molecular flexibility index (Phi) is 5.03. The molecule has 0 amide bonds. The molecule has 1 aromatic carbocycles. The Bertz CT molecular complexity index is 684. The monoisotopic (exact) mass is 324 g/mol. The zero-order valence-corrected chi connectivity index (χ0v) is 14.1. The lowest BCUT2D eigenvalue weighted by atomic mass is 10.3. The van der Waals surface area contributed by atoms with Crippen molar-refractivity contribution in [1.82, 2.24) is 4.72 Å². The van der Waals surface area contributed by atoms with Gasteiger partial charge < -0.3 is 5.32 Å². The number of hydrogen-bond donors (Lipinski definition) is 2. The van der Waals surface area contributed by atoms with Gasteiger partial charge in [-0.05, 0) is 56.7 Å². The standard InChI is InChI=1S/C15H20N2O2S2/c1-4-16-13-5-7-15(8-6-13)21(18,19)17-10-14-9-11(2)12(3)20-14/h5-9,16-17H,4,10H2,1-3H3. The van der Waals surface area contributed by atoms with Gasteiger partial charge in [0.05, 0.1) is 4.90 Å². The van der Waals surface area contributed by atoms with Gasteiger partial charge in [0.15, 0.2) is 0 Å². The molecular formula is C15H20N2O2S2. The Labute approximate surface area is 130 Å². The van der Waals surface area contributed by atoms with Crippen molar-refractivity contribution < 1.29 is 8.42 Å². The molecule has 0 fully saturated rings. The minimum Gasteiger partial charge on any atom is -0.385 e. The molecule has 1 heterocycles. The van der Waals surface area contributed by atoms with E-state index in [0.29, 0.717) is 6.54 Å². The molecule has 0 spiro atoms. The predicted octanol–water partition coefficient (Wildman–Crippen LogP) is 3.28. The molecule has 6 heteroatoms. The van der Waals surface area contributed by atoms with E-state index in [-0.39, 0.29) is 4.90 Å². The van der Waals surface area contributed by atoms with Crippen LogP contribution in [-0.2, 0) is 16.6 Å². The number of nitrogens with one attached hydrogen (secondary N) is 2. The molecule has 0 aliphatic rings. The highest BCUT2D eigenvalue weighted by atomic mass is 32.2. The first-order chi connectivity index (χ1) is 9.92. The van der Waals surface area contributed by atoms with Crippen LogP contribution in [0.15, 0.2) is 35.2 Å². The van der Waals surface area contributed by atoms with Crippen molar-refractivity contribution >= 4 is 27.0 Å². The van der Waals surface area contributed by atoms with Gasteiger partial charge in [-0.25, -0.2) is 13.1 Å². The fourth-order valence-corrected chi connectivity index (χ4v) is 4.03. The van der Waals surface area contributed by atoms with E-state index in [1.54, 1.807) is 35.6 Å². The average Bonchev–Trinajstić information content (AvgIpc) is 2.77. The predicted molar refractivity (Wildman–Crippen MR) is 88.4 cm³/mol. The molecule has 1 aromatic heterocycles. The number of sulfonamides is 1. The van der Waals surface area contributed by atoms with Crippen LogP contribution < -0.4 is 10.0 Å². The second-order valence-corrected chi connectivity index (χ2v) is 7.94. The van der Waals surface area contributed by atoms with Crippen LogP contribution in [0.1, 0.15) is 22.2 Å². The van der Waals surface area contributed by atoms with E-state index in [1.807, 2.05) is 26.8 Å². The SMILES string of the molecule is CCNc1ccc(S(=O)(=O)NCc2cc(C)c(C)s2)cc1. The molecule has 2 N–H and O–H groups in total. The first-order valence-electron chi connectivity index (χ1n) is 6.82. The second kappa shape index (κ2) is 6.60. The molecule has 2 aromatic rings. The topological polar surface area (TPSA) is 58.2 Å². The van der Waals surface area contributed by atoms with E-state index in [4.69, 9.17) is 0 Å². The molecule has 0 atom stereocenters. The summed E-state index contributed by atoms with van der Waals surface area (Å²) in [4.78, 5) is 2.53. The molecule has 0 radical (unpaired) electrons. The highest BCUT2D eigenvalue weighted by Gasteiger charge is 2.14. The largest absolute Gasteiger partial charge is 0.385 e. The Morgan fingerprint density at radius 3 is 2.33 bits per heavy atom. The van der Waals surface area contributed by atoms with Crippen molar-refractivity contribution in [1.29, 1.82) is 0 Å². The molecule has 0 aliphatic heterocycles. The molecule has 2 rings (SSSR count). The van der Waals surface area contributed by atoms with Gasteiger partial charge in [-0.1, -0.05) is 0 Å². The molecule has 21 heavy (non-hydrogen) atoms. The Morgan fingerprint density at radius 2 is 1.81 bits per heavy atom. The van der Waals surface area contributed by atoms with Crippen molar-refractivity contribution in [3.63, 3.8) is 0 Å². The molecule has 0 saturated carbocycles. The van der Waals surface area contributed by atoms with Crippen LogP contribution in [-0.4, -0.2) is 15.0 Å². The summed E-state index contributed by atoms with van der Waals surface area (Å²) in [6.07, 6.45) is 0. The van der Waals surface area contributed by atoms with Crippen molar-refractivity contribution in [2.24, 2.45) is 0 Å². The minimum absolute atomic E-state index is 0.286. The van der Waals surface area contributed by atoms with E-state index >= 15 is 0 Å². The van der Waals surface area contributed by atoms with Gasteiger partial charge in [0.25, 0.3) is 0 Å². The third kappa shape index (κ3) is 4.06. The third-order valence-electron chi connectivity index (χ3n) is 3.20. The maximum Gasteiger partial charge on any atom is 0.240 e. The summed E-state index contributed by atoms with van der Waals surface area (Å²) in [6, 6.07) is 8.81. The number of aryl methyl sites for hydroxylation is 2. The van der Waals surface area contributed by atoms with E-state index in [9.17, 15) is 8.42 Å². The Morgan fingerprint density at radius 1 is 1.14 bits per heavy atom. The first-order valence-corrected chi connectivity index (χ1v) is 9.12. The molecule has 0 unspecified atom stereocenters. The number of thiophene rings is 1. The fourth-order valence-electron chi connectivity index (χ4n) is 1.94. The average molecular weight is 324 g/mol. The van der Waals surface area contributed by atoms with Crippen LogP contribution in [0.2, 0.25) is 0 Å². The van der Waals surface area contributed by atoms with E-state index in [0.717, 1.165) is 17.1 Å². The lowest BCUT2D eigenvalue weighted by Gasteiger charge is -2.07. The summed E-state index contributed by atoms with van der Waals surface area (Å²) in [5.41, 5.74) is 2.12. The maximum absolute atomic E-state index is 12.2. The molecule has 0 saturated heterocycles. The van der Waals surface area contributed by atoms with Gasteiger partial charge in [-0.3, -0.25) is 0 Å². The van der Waals surface area contributed by atoms with Crippen molar-refractivity contribution in [3.8, 4) is 0 Å². The van der Waals surface area contributed by atoms with Crippen LogP contribution >= 0.6 is 11.3 Å². The van der Waals surface area contributed by atoms with E-state index in [1.165, 1.54) is 10.4 Å². The van der Waals surface area contributed by atoms with Crippen LogP contribution in [0, 0.1) is 13.8 Å². The van der Waals surface area contributed by atoms with E-state index in [2.05, 4.69) is 10.0 Å². The lowest BCUT2D eigenvalue weighted by Crippen LogP contribution is -2.22. The highest BCUT2D eigenvalue weighted by Crippen LogP contribution is 2.21. The summed E-state index contributed by atoms with van der Waals surface area (Å²) in [5, 5.41) is 3.14. The van der Waals surface area contributed by atoms with Crippen LogP contribution in [0.25, 0.3) is 0 Å². The first kappa shape index (κ1) is 16.0. The highest BCUT2D eigenvalue weighted by molar-refractivity contribution is 7.89. The summed E-state index contributed by atoms with van der Waals surface area (Å²) >= 11 is 1.62. The molecule has 114 valence electrons. The molecular weight excluding hydrogens is 304 g/mol. The molecule has 0 bridgehead atoms. The molecule has 0 aliphatic carbocycles. The summed E-state index contributed by atoms with van der Waals surface area (Å²) in [6.45, 7) is 7.20. The quantitative estimate of drug-likeness (QED) is 0.857. The van der Waals surface area contributed by atoms with Crippen LogP contribution in [0.4, 0.5) is 5.69 Å². The number of benzene rings is 1. The summed E-state index contributed by atoms with van der Waals surface area (Å²) in [7, 11) is -3.46. The number of anilines is 1. The van der Waals surface area contributed by atoms with E-state index < -0.39 is 10.0 Å². The van der Waals surface area contributed by atoms with Crippen LogP contribution in [0.3, 0.4) is 0 Å². The summed E-state index contributed by atoms with van der Waals surface area (Å²) in [5.74, 6) is 0. The van der Waals surface area contributed by atoms with Gasteiger partial charge in [-0.15, -0.1) is 11.3 Å². The fraction of sp³-hybridized carbons (Fsp3) is 0.333. The Balaban J connectivity index is 2.07. The lowest BCUT2D eigenvalue weighted by molar-refractivity contribution is 0.582. The zero-order valence-electron chi connectivity index (χ0n) is 12.4. The van der Waals surface area contributed by atoms with Gasteiger partial charge >= 0.3 is 0 Å². The minimum atomic E-state index is -3.46. The smallest absolute Gasteiger partial charge is 0.240 e.